The van der Waals surface area contributed by atoms with Gasteiger partial charge in [-0.15, -0.1) is 0 Å². The summed E-state index contributed by atoms with van der Waals surface area (Å²) in [6.07, 6.45) is 0. The molecule has 0 radical (unpaired) electrons. The van der Waals surface area contributed by atoms with E-state index < -0.39 is 5.97 Å². The number of phenols is 1. The second-order valence-corrected chi connectivity index (χ2v) is 4.12. The highest BCUT2D eigenvalue weighted by atomic mass is 79.9. The van der Waals surface area contributed by atoms with Crippen molar-refractivity contribution in [2.24, 2.45) is 0 Å². The number of esters is 1. The number of benzene rings is 1. The summed E-state index contributed by atoms with van der Waals surface area (Å²) in [6, 6.07) is 3.18. The Kier molecular flexibility index (Phi) is 2.97. The smallest absolute Gasteiger partial charge is 0.373 e. The molecule has 0 aliphatic rings. The van der Waals surface area contributed by atoms with E-state index >= 15 is 0 Å². The summed E-state index contributed by atoms with van der Waals surface area (Å²) in [4.78, 5) is 11.3. The van der Waals surface area contributed by atoms with Gasteiger partial charge in [-0.2, -0.15) is 0 Å². The first-order valence-electron chi connectivity index (χ1n) is 4.65. The first-order valence-corrected chi connectivity index (χ1v) is 5.45. The Bertz CT molecular complexity index is 587. The summed E-state index contributed by atoms with van der Waals surface area (Å²) in [5.41, 5.74) is 0.186. The van der Waals surface area contributed by atoms with Gasteiger partial charge in [0.2, 0.25) is 11.5 Å². The van der Waals surface area contributed by atoms with Crippen LogP contribution >= 0.6 is 15.9 Å². The Morgan fingerprint density at radius 1 is 1.41 bits per heavy atom. The maximum atomic E-state index is 11.3. The number of hydrogen-bond acceptors (Lipinski definition) is 5. The molecule has 17 heavy (non-hydrogen) atoms. The van der Waals surface area contributed by atoms with Gasteiger partial charge in [-0.25, -0.2) is 4.79 Å². The van der Waals surface area contributed by atoms with E-state index in [0.29, 0.717) is 9.86 Å². The van der Waals surface area contributed by atoms with Crippen LogP contribution in [0.1, 0.15) is 10.6 Å². The SMILES string of the molecule is COC(=O)c1cc2cc(Br)c(OC)c(O)c2o1. The predicted octanol–water partition coefficient (Wildman–Crippen LogP) is 2.70. The summed E-state index contributed by atoms with van der Waals surface area (Å²) in [6.45, 7) is 0. The zero-order valence-electron chi connectivity index (χ0n) is 9.11. The number of fused-ring (bicyclic) bond motifs is 1. The summed E-state index contributed by atoms with van der Waals surface area (Å²) in [5, 5.41) is 10.5. The minimum atomic E-state index is -0.601. The number of carbonyl (C=O) groups is 1. The third-order valence-electron chi connectivity index (χ3n) is 2.28. The lowest BCUT2D eigenvalue weighted by Gasteiger charge is -2.05. The van der Waals surface area contributed by atoms with Gasteiger partial charge >= 0.3 is 5.97 Å². The van der Waals surface area contributed by atoms with E-state index in [0.717, 1.165) is 0 Å². The first-order chi connectivity index (χ1) is 8.08. The molecule has 1 N–H and O–H groups in total. The van der Waals surface area contributed by atoms with E-state index in [4.69, 9.17) is 9.15 Å². The number of hydrogen-bond donors (Lipinski definition) is 1. The molecular weight excluding hydrogens is 292 g/mol. The molecule has 90 valence electrons. The average Bonchev–Trinajstić information content (AvgIpc) is 2.72. The van der Waals surface area contributed by atoms with E-state index in [-0.39, 0.29) is 22.8 Å². The molecule has 6 heteroatoms. The molecule has 1 aromatic heterocycles. The van der Waals surface area contributed by atoms with Gasteiger partial charge < -0.3 is 19.0 Å². The van der Waals surface area contributed by atoms with Crippen molar-refractivity contribution in [2.45, 2.75) is 0 Å². The van der Waals surface area contributed by atoms with E-state index in [1.165, 1.54) is 20.3 Å². The third kappa shape index (κ3) is 1.84. The van der Waals surface area contributed by atoms with Crippen molar-refractivity contribution in [1.82, 2.24) is 0 Å². The van der Waals surface area contributed by atoms with Gasteiger partial charge in [0.25, 0.3) is 0 Å². The topological polar surface area (TPSA) is 68.9 Å². The van der Waals surface area contributed by atoms with Gasteiger partial charge in [0.05, 0.1) is 18.7 Å². The van der Waals surface area contributed by atoms with Crippen LogP contribution < -0.4 is 4.74 Å². The monoisotopic (exact) mass is 300 g/mol. The van der Waals surface area contributed by atoms with Crippen LogP contribution in [0.3, 0.4) is 0 Å². The molecule has 0 aliphatic heterocycles. The third-order valence-corrected chi connectivity index (χ3v) is 2.87. The highest BCUT2D eigenvalue weighted by Crippen LogP contribution is 2.41. The first kappa shape index (κ1) is 11.8. The van der Waals surface area contributed by atoms with Gasteiger partial charge in [0, 0.05) is 5.39 Å². The van der Waals surface area contributed by atoms with Crippen LogP contribution in [-0.2, 0) is 4.74 Å². The number of furan rings is 1. The van der Waals surface area contributed by atoms with Crippen molar-refractivity contribution in [3.05, 3.63) is 22.4 Å². The fourth-order valence-electron chi connectivity index (χ4n) is 1.51. The van der Waals surface area contributed by atoms with E-state index in [1.54, 1.807) is 6.07 Å². The highest BCUT2D eigenvalue weighted by molar-refractivity contribution is 9.10. The molecule has 0 amide bonds. The van der Waals surface area contributed by atoms with Crippen molar-refractivity contribution >= 4 is 32.9 Å². The molecule has 0 atom stereocenters. The Labute approximate surface area is 105 Å². The molecule has 0 saturated carbocycles. The predicted molar refractivity (Wildman–Crippen MR) is 63.5 cm³/mol. The maximum Gasteiger partial charge on any atom is 0.373 e. The van der Waals surface area contributed by atoms with Gasteiger partial charge in [-0.1, -0.05) is 0 Å². The number of phenolic OH excluding ortho intramolecular Hbond substituents is 1. The van der Waals surface area contributed by atoms with Crippen LogP contribution in [0.15, 0.2) is 21.0 Å². The Morgan fingerprint density at radius 2 is 2.12 bits per heavy atom. The quantitative estimate of drug-likeness (QED) is 0.864. The van der Waals surface area contributed by atoms with Gasteiger partial charge in [0.1, 0.15) is 0 Å². The van der Waals surface area contributed by atoms with Crippen molar-refractivity contribution in [1.29, 1.82) is 0 Å². The number of methoxy groups -OCH3 is 2. The number of rotatable bonds is 2. The highest BCUT2D eigenvalue weighted by Gasteiger charge is 2.19. The van der Waals surface area contributed by atoms with Crippen molar-refractivity contribution in [3.63, 3.8) is 0 Å². The van der Waals surface area contributed by atoms with Crippen molar-refractivity contribution in [3.8, 4) is 11.5 Å². The maximum absolute atomic E-state index is 11.3. The molecule has 5 nitrogen and oxygen atoms in total. The normalized spacial score (nSPS) is 10.5. The molecule has 0 fully saturated rings. The minimum Gasteiger partial charge on any atom is -0.502 e. The van der Waals surface area contributed by atoms with Crippen LogP contribution in [0, 0.1) is 0 Å². The van der Waals surface area contributed by atoms with E-state index in [2.05, 4.69) is 20.7 Å². The summed E-state index contributed by atoms with van der Waals surface area (Å²) in [7, 11) is 2.68. The molecular formula is C11H9BrO5. The van der Waals surface area contributed by atoms with Crippen LogP contribution in [0.4, 0.5) is 0 Å². The lowest BCUT2D eigenvalue weighted by atomic mass is 10.2. The van der Waals surface area contributed by atoms with Crippen molar-refractivity contribution < 1.29 is 23.8 Å². The Morgan fingerprint density at radius 3 is 2.71 bits per heavy atom. The summed E-state index contributed by atoms with van der Waals surface area (Å²) >= 11 is 3.25. The van der Waals surface area contributed by atoms with Crippen LogP contribution in [-0.4, -0.2) is 25.3 Å². The fraction of sp³-hybridized carbons (Fsp3) is 0.182. The Balaban J connectivity index is 2.69. The van der Waals surface area contributed by atoms with Crippen LogP contribution in [0.25, 0.3) is 11.0 Å². The zero-order valence-corrected chi connectivity index (χ0v) is 10.7. The molecule has 2 rings (SSSR count). The van der Waals surface area contributed by atoms with E-state index in [9.17, 15) is 9.90 Å². The van der Waals surface area contributed by atoms with Gasteiger partial charge in [-0.3, -0.25) is 0 Å². The number of aromatic hydroxyl groups is 1. The second-order valence-electron chi connectivity index (χ2n) is 3.26. The van der Waals surface area contributed by atoms with Gasteiger partial charge in [-0.05, 0) is 28.1 Å². The second kappa shape index (κ2) is 4.29. The van der Waals surface area contributed by atoms with Crippen LogP contribution in [0.5, 0.6) is 11.5 Å². The lowest BCUT2D eigenvalue weighted by molar-refractivity contribution is 0.0567. The molecule has 0 unspecified atom stereocenters. The fourth-order valence-corrected chi connectivity index (χ4v) is 2.11. The van der Waals surface area contributed by atoms with Crippen LogP contribution in [0.2, 0.25) is 0 Å². The standard InChI is InChI=1S/C11H9BrO5/c1-15-10-6(12)3-5-4-7(11(14)16-2)17-9(5)8(10)13/h3-4,13H,1-2H3. The van der Waals surface area contributed by atoms with Gasteiger partial charge in [0.15, 0.2) is 11.3 Å². The molecule has 0 spiro atoms. The van der Waals surface area contributed by atoms with E-state index in [1.807, 2.05) is 0 Å². The number of halogens is 1. The summed E-state index contributed by atoms with van der Waals surface area (Å²) in [5.74, 6) is -0.482. The largest absolute Gasteiger partial charge is 0.502 e. The molecule has 0 saturated heterocycles. The molecule has 0 bridgehead atoms. The minimum absolute atomic E-state index is 0.0259. The number of carbonyl (C=O) groups excluding carboxylic acids is 1. The number of ether oxygens (including phenoxy) is 2. The molecule has 0 aliphatic carbocycles. The molecule has 1 heterocycles. The molecule has 2 aromatic rings. The average molecular weight is 301 g/mol. The van der Waals surface area contributed by atoms with Crippen molar-refractivity contribution in [2.75, 3.05) is 14.2 Å². The molecule has 1 aromatic carbocycles. The Hall–Kier alpha value is -1.69. The lowest BCUT2D eigenvalue weighted by Crippen LogP contribution is -1.97. The summed E-state index contributed by atoms with van der Waals surface area (Å²) < 4.78 is 15.3. The zero-order chi connectivity index (χ0) is 12.6.